The summed E-state index contributed by atoms with van der Waals surface area (Å²) in [7, 11) is 3.14. The van der Waals surface area contributed by atoms with Gasteiger partial charge in [-0.05, 0) is 58.4 Å². The van der Waals surface area contributed by atoms with Crippen molar-refractivity contribution in [2.45, 2.75) is 5.92 Å². The SMILES string of the molecule is COc1ccc(OC)c(C2c3c(c4ccccc4oc3=O)Oc3ncn4nc(-c5ccc(Br)o5)nc4c32)c1. The molecule has 188 valence electrons. The Balaban J connectivity index is 1.58. The van der Waals surface area contributed by atoms with Crippen LogP contribution in [0.1, 0.15) is 22.6 Å². The van der Waals surface area contributed by atoms with E-state index in [1.54, 1.807) is 50.6 Å². The number of hydrogen-bond donors (Lipinski definition) is 0. The third-order valence-electron chi connectivity index (χ3n) is 6.50. The highest BCUT2D eigenvalue weighted by molar-refractivity contribution is 9.10. The molecule has 0 radical (unpaired) electrons. The summed E-state index contributed by atoms with van der Waals surface area (Å²) in [6.07, 6.45) is 1.52. The molecular formula is C27H17BrN4O6. The van der Waals surface area contributed by atoms with Gasteiger partial charge in [0.15, 0.2) is 21.8 Å². The van der Waals surface area contributed by atoms with Gasteiger partial charge in [-0.3, -0.25) is 0 Å². The molecule has 38 heavy (non-hydrogen) atoms. The maximum Gasteiger partial charge on any atom is 0.344 e. The fraction of sp³-hybridized carbons (Fsp3) is 0.111. The molecule has 1 atom stereocenters. The summed E-state index contributed by atoms with van der Waals surface area (Å²) in [4.78, 5) is 22.9. The van der Waals surface area contributed by atoms with Crippen molar-refractivity contribution in [2.75, 3.05) is 14.2 Å². The van der Waals surface area contributed by atoms with Gasteiger partial charge in [-0.1, -0.05) is 12.1 Å². The van der Waals surface area contributed by atoms with E-state index in [1.807, 2.05) is 18.2 Å². The van der Waals surface area contributed by atoms with Crippen LogP contribution in [0.25, 0.3) is 28.2 Å². The van der Waals surface area contributed by atoms with Crippen LogP contribution >= 0.6 is 15.9 Å². The third kappa shape index (κ3) is 3.32. The number of ether oxygens (including phenoxy) is 3. The standard InChI is InChI=1S/C27H17BrN4O6/c1-34-13-7-8-16(35-2)15(11-13)20-21-23(14-5-3-4-6-17(14)37-27(21)33)38-26-22(20)25-30-24(31-32(25)12-29-26)18-9-10-19(28)36-18/h3-12,20H,1-2H3. The number of methoxy groups -OCH3 is 2. The molecule has 1 aliphatic rings. The zero-order chi connectivity index (χ0) is 26.0. The topological polar surface area (TPSA) is 114 Å². The second kappa shape index (κ2) is 8.45. The van der Waals surface area contributed by atoms with E-state index in [0.29, 0.717) is 66.8 Å². The highest BCUT2D eigenvalue weighted by atomic mass is 79.9. The van der Waals surface area contributed by atoms with Gasteiger partial charge in [0, 0.05) is 5.56 Å². The number of halogens is 1. The number of para-hydroxylation sites is 1. The van der Waals surface area contributed by atoms with Crippen molar-refractivity contribution in [1.29, 1.82) is 0 Å². The smallest absolute Gasteiger partial charge is 0.344 e. The average molecular weight is 573 g/mol. The molecule has 0 fully saturated rings. The molecule has 0 aliphatic carbocycles. The predicted molar refractivity (Wildman–Crippen MR) is 139 cm³/mol. The summed E-state index contributed by atoms with van der Waals surface area (Å²) in [6.45, 7) is 0. The van der Waals surface area contributed by atoms with Crippen LogP contribution in [0.3, 0.4) is 0 Å². The fourth-order valence-electron chi connectivity index (χ4n) is 4.84. The predicted octanol–water partition coefficient (Wildman–Crippen LogP) is 5.56. The summed E-state index contributed by atoms with van der Waals surface area (Å²) < 4.78 is 31.1. The minimum absolute atomic E-state index is 0.287. The van der Waals surface area contributed by atoms with Gasteiger partial charge in [-0.2, -0.15) is 0 Å². The van der Waals surface area contributed by atoms with Crippen LogP contribution in [0.2, 0.25) is 0 Å². The molecule has 0 saturated carbocycles. The molecule has 2 aromatic carbocycles. The van der Waals surface area contributed by atoms with Gasteiger partial charge in [-0.25, -0.2) is 19.3 Å². The monoisotopic (exact) mass is 572 g/mol. The van der Waals surface area contributed by atoms with Crippen molar-refractivity contribution >= 4 is 32.5 Å². The third-order valence-corrected chi connectivity index (χ3v) is 6.93. The van der Waals surface area contributed by atoms with Gasteiger partial charge in [-0.15, -0.1) is 5.10 Å². The molecule has 10 nitrogen and oxygen atoms in total. The Morgan fingerprint density at radius 1 is 1.00 bits per heavy atom. The first-order chi connectivity index (χ1) is 18.6. The quantitative estimate of drug-likeness (QED) is 0.250. The molecule has 5 heterocycles. The minimum atomic E-state index is -0.726. The highest BCUT2D eigenvalue weighted by Crippen LogP contribution is 2.51. The Hall–Kier alpha value is -4.64. The van der Waals surface area contributed by atoms with Gasteiger partial charge in [0.2, 0.25) is 11.7 Å². The summed E-state index contributed by atoms with van der Waals surface area (Å²) >= 11 is 3.32. The number of furan rings is 1. The molecule has 1 unspecified atom stereocenters. The van der Waals surface area contributed by atoms with Crippen LogP contribution in [-0.2, 0) is 0 Å². The lowest BCUT2D eigenvalue weighted by molar-refractivity contribution is 0.392. The van der Waals surface area contributed by atoms with Crippen molar-refractivity contribution in [1.82, 2.24) is 19.6 Å². The Bertz CT molecular complexity index is 1940. The zero-order valence-electron chi connectivity index (χ0n) is 20.0. The first-order valence-electron chi connectivity index (χ1n) is 11.5. The molecule has 1 aliphatic heterocycles. The summed E-state index contributed by atoms with van der Waals surface area (Å²) in [6, 6.07) is 16.1. The summed E-state index contributed by atoms with van der Waals surface area (Å²) in [5.41, 5.74) is 1.77. The van der Waals surface area contributed by atoms with Crippen molar-refractivity contribution in [2.24, 2.45) is 0 Å². The van der Waals surface area contributed by atoms with Crippen molar-refractivity contribution in [3.63, 3.8) is 0 Å². The van der Waals surface area contributed by atoms with Crippen molar-refractivity contribution in [3.05, 3.63) is 92.7 Å². The number of nitrogens with zero attached hydrogens (tertiary/aromatic N) is 4. The Morgan fingerprint density at radius 3 is 2.66 bits per heavy atom. The van der Waals surface area contributed by atoms with Gasteiger partial charge in [0.25, 0.3) is 0 Å². The van der Waals surface area contributed by atoms with E-state index in [2.05, 4.69) is 26.0 Å². The van der Waals surface area contributed by atoms with Crippen LogP contribution in [0, 0.1) is 0 Å². The van der Waals surface area contributed by atoms with Crippen LogP contribution < -0.4 is 19.8 Å². The molecule has 0 spiro atoms. The number of benzene rings is 2. The molecule has 4 aromatic heterocycles. The molecule has 0 N–H and O–H groups in total. The second-order valence-electron chi connectivity index (χ2n) is 8.54. The molecule has 0 saturated heterocycles. The summed E-state index contributed by atoms with van der Waals surface area (Å²) in [5, 5.41) is 5.20. The molecule has 11 heteroatoms. The fourth-order valence-corrected chi connectivity index (χ4v) is 5.15. The number of fused-ring (bicyclic) bond motifs is 6. The van der Waals surface area contributed by atoms with Gasteiger partial charge >= 0.3 is 5.63 Å². The van der Waals surface area contributed by atoms with E-state index in [9.17, 15) is 4.79 Å². The Kier molecular flexibility index (Phi) is 5.02. The minimum Gasteiger partial charge on any atom is -0.497 e. The van der Waals surface area contributed by atoms with E-state index < -0.39 is 11.5 Å². The highest BCUT2D eigenvalue weighted by Gasteiger charge is 2.39. The average Bonchev–Trinajstić information content (AvgIpc) is 3.58. The maximum absolute atomic E-state index is 13.6. The van der Waals surface area contributed by atoms with E-state index in [-0.39, 0.29) is 5.88 Å². The molecule has 6 aromatic rings. The normalized spacial score (nSPS) is 14.2. The number of aromatic nitrogens is 4. The zero-order valence-corrected chi connectivity index (χ0v) is 21.6. The lowest BCUT2D eigenvalue weighted by Crippen LogP contribution is -2.22. The van der Waals surface area contributed by atoms with Crippen LogP contribution in [0.15, 0.2) is 79.2 Å². The lowest BCUT2D eigenvalue weighted by atomic mass is 9.83. The number of hydrogen-bond acceptors (Lipinski definition) is 9. The maximum atomic E-state index is 13.6. The largest absolute Gasteiger partial charge is 0.497 e. The molecule has 7 rings (SSSR count). The van der Waals surface area contributed by atoms with Gasteiger partial charge in [0.05, 0.1) is 36.7 Å². The second-order valence-corrected chi connectivity index (χ2v) is 9.32. The van der Waals surface area contributed by atoms with Gasteiger partial charge < -0.3 is 23.0 Å². The van der Waals surface area contributed by atoms with E-state index in [4.69, 9.17) is 28.0 Å². The van der Waals surface area contributed by atoms with E-state index in [0.717, 1.165) is 0 Å². The van der Waals surface area contributed by atoms with Crippen LogP contribution in [0.5, 0.6) is 23.1 Å². The first-order valence-corrected chi connectivity index (χ1v) is 12.3. The molecular weight excluding hydrogens is 556 g/mol. The Morgan fingerprint density at radius 2 is 1.87 bits per heavy atom. The van der Waals surface area contributed by atoms with Gasteiger partial charge in [0.1, 0.15) is 23.4 Å². The molecule has 0 amide bonds. The van der Waals surface area contributed by atoms with Crippen LogP contribution in [0.4, 0.5) is 0 Å². The summed E-state index contributed by atoms with van der Waals surface area (Å²) in [5.74, 6) is 1.87. The van der Waals surface area contributed by atoms with Crippen LogP contribution in [-0.4, -0.2) is 33.8 Å². The van der Waals surface area contributed by atoms with Crippen molar-refractivity contribution < 1.29 is 23.0 Å². The first kappa shape index (κ1) is 22.5. The lowest BCUT2D eigenvalue weighted by Gasteiger charge is -2.28. The number of rotatable bonds is 4. The molecule has 0 bridgehead atoms. The van der Waals surface area contributed by atoms with E-state index in [1.165, 1.54) is 10.8 Å². The Labute approximate surface area is 222 Å². The van der Waals surface area contributed by atoms with Crippen molar-refractivity contribution in [3.8, 4) is 34.7 Å². The van der Waals surface area contributed by atoms with E-state index >= 15 is 0 Å².